The van der Waals surface area contributed by atoms with E-state index in [0.717, 1.165) is 83.5 Å². The van der Waals surface area contributed by atoms with Gasteiger partial charge in [0.15, 0.2) is 5.58 Å². The predicted octanol–water partition coefficient (Wildman–Crippen LogP) is 15.8. The van der Waals surface area contributed by atoms with Gasteiger partial charge in [0.1, 0.15) is 5.52 Å². The van der Waals surface area contributed by atoms with Crippen molar-refractivity contribution in [2.24, 2.45) is 0 Å². The fourth-order valence-corrected chi connectivity index (χ4v) is 9.18. The van der Waals surface area contributed by atoms with E-state index in [-0.39, 0.29) is 0 Å². The van der Waals surface area contributed by atoms with Crippen LogP contribution in [0.15, 0.2) is 235 Å². The second-order valence-corrected chi connectivity index (χ2v) is 15.6. The lowest BCUT2D eigenvalue weighted by Crippen LogP contribution is -2.14. The number of nitrogens with zero attached hydrogens (tertiary/aromatic N) is 4. The van der Waals surface area contributed by atoms with Gasteiger partial charge in [0.25, 0.3) is 0 Å². The summed E-state index contributed by atoms with van der Waals surface area (Å²) < 4.78 is 9.03. The van der Waals surface area contributed by atoms with Gasteiger partial charge in [0.05, 0.1) is 16.7 Å². The second kappa shape index (κ2) is 14.7. The Morgan fingerprint density at radius 2 is 0.968 bits per heavy atom. The lowest BCUT2D eigenvalue weighted by molar-refractivity contribution is 0.623. The molecule has 0 saturated heterocycles. The summed E-state index contributed by atoms with van der Waals surface area (Å²) in [5.74, 6) is 0.617. The lowest BCUT2D eigenvalue weighted by Gasteiger charge is -2.30. The van der Waals surface area contributed by atoms with Crippen molar-refractivity contribution in [1.82, 2.24) is 9.55 Å². The first-order valence-corrected chi connectivity index (χ1v) is 21.0. The van der Waals surface area contributed by atoms with E-state index in [1.54, 1.807) is 0 Å². The SMILES string of the molecule is c1ccc(-c2nc3ccc4ccc5ccc(N(c6ccccc6)c6cccc(N(c7ccccc7)c7cccc8c9ccccc9n(-c9ccccc9)c78)c6)cc5c4c3o2)cc1. The molecule has 62 heavy (non-hydrogen) atoms. The Bertz CT molecular complexity index is 3580. The summed E-state index contributed by atoms with van der Waals surface area (Å²) in [5.41, 5.74) is 12.3. The van der Waals surface area contributed by atoms with Gasteiger partial charge in [-0.3, -0.25) is 0 Å². The van der Waals surface area contributed by atoms with Gasteiger partial charge in [0.2, 0.25) is 5.89 Å². The van der Waals surface area contributed by atoms with Crippen molar-refractivity contribution >= 4 is 88.6 Å². The van der Waals surface area contributed by atoms with Crippen molar-refractivity contribution < 1.29 is 4.42 Å². The van der Waals surface area contributed by atoms with Crippen LogP contribution in [0.5, 0.6) is 0 Å². The molecule has 0 aliphatic heterocycles. The van der Waals surface area contributed by atoms with Gasteiger partial charge in [-0.1, -0.05) is 133 Å². The Labute approximate surface area is 358 Å². The number of hydrogen-bond acceptors (Lipinski definition) is 4. The van der Waals surface area contributed by atoms with Crippen LogP contribution in [0.2, 0.25) is 0 Å². The van der Waals surface area contributed by atoms with Crippen LogP contribution in [-0.4, -0.2) is 9.55 Å². The monoisotopic (exact) mass is 794 g/mol. The van der Waals surface area contributed by atoms with Crippen LogP contribution in [0.3, 0.4) is 0 Å². The standard InChI is InChI=1S/C57H38N4O/c1-5-17-41(18-6-1)57-58-51-36-34-40-32-31-39-33-35-47(38-50(39)54(40)56(51)62-57)59(42-19-7-2-8-20-42)45-25-15-26-46(37-45)60(43-21-9-3-10-22-43)53-30-16-28-49-48-27-13-14-29-52(48)61(55(49)53)44-23-11-4-12-24-44/h1-38H. The summed E-state index contributed by atoms with van der Waals surface area (Å²) in [4.78, 5) is 9.68. The molecule has 0 N–H and O–H groups in total. The maximum absolute atomic E-state index is 6.63. The highest BCUT2D eigenvalue weighted by molar-refractivity contribution is 6.19. The quantitative estimate of drug-likeness (QED) is 0.144. The summed E-state index contributed by atoms with van der Waals surface area (Å²) in [7, 11) is 0. The van der Waals surface area contributed by atoms with Crippen LogP contribution < -0.4 is 9.80 Å². The highest BCUT2D eigenvalue weighted by Crippen LogP contribution is 2.46. The first-order valence-electron chi connectivity index (χ1n) is 21.0. The zero-order chi connectivity index (χ0) is 41.0. The minimum absolute atomic E-state index is 0.617. The molecule has 0 spiro atoms. The molecular formula is C57H38N4O. The van der Waals surface area contributed by atoms with Crippen LogP contribution in [0.25, 0.3) is 71.6 Å². The van der Waals surface area contributed by atoms with E-state index < -0.39 is 0 Å². The van der Waals surface area contributed by atoms with E-state index in [2.05, 4.69) is 215 Å². The number of anilines is 6. The first kappa shape index (κ1) is 35.5. The van der Waals surface area contributed by atoms with Crippen LogP contribution >= 0.6 is 0 Å². The summed E-state index contributed by atoms with van der Waals surface area (Å²) in [5, 5.41) is 6.80. The van der Waals surface area contributed by atoms with Gasteiger partial charge in [-0.25, -0.2) is 4.98 Å². The Hall–Kier alpha value is -8.41. The van der Waals surface area contributed by atoms with E-state index in [1.165, 1.54) is 16.3 Å². The van der Waals surface area contributed by atoms with Crippen molar-refractivity contribution in [3.05, 3.63) is 231 Å². The molecule has 12 rings (SSSR count). The number of para-hydroxylation sites is 5. The molecule has 0 aliphatic rings. The van der Waals surface area contributed by atoms with Crippen molar-refractivity contribution in [2.75, 3.05) is 9.80 Å². The average molecular weight is 795 g/mol. The van der Waals surface area contributed by atoms with E-state index >= 15 is 0 Å². The third-order valence-corrected chi connectivity index (χ3v) is 11.9. The van der Waals surface area contributed by atoms with Crippen molar-refractivity contribution in [3.63, 3.8) is 0 Å². The predicted molar refractivity (Wildman–Crippen MR) is 258 cm³/mol. The summed E-state index contributed by atoms with van der Waals surface area (Å²) in [6.07, 6.45) is 0. The summed E-state index contributed by atoms with van der Waals surface area (Å²) >= 11 is 0. The first-order chi connectivity index (χ1) is 30.8. The van der Waals surface area contributed by atoms with Gasteiger partial charge in [-0.15, -0.1) is 0 Å². The molecule has 0 fully saturated rings. The highest BCUT2D eigenvalue weighted by Gasteiger charge is 2.23. The summed E-state index contributed by atoms with van der Waals surface area (Å²) in [6, 6.07) is 81.7. The molecule has 0 saturated carbocycles. The van der Waals surface area contributed by atoms with Gasteiger partial charge < -0.3 is 18.8 Å². The fourth-order valence-electron chi connectivity index (χ4n) is 9.18. The molecule has 0 bridgehead atoms. The second-order valence-electron chi connectivity index (χ2n) is 15.6. The molecular weight excluding hydrogens is 757 g/mol. The van der Waals surface area contributed by atoms with Gasteiger partial charge in [-0.05, 0) is 113 Å². The van der Waals surface area contributed by atoms with E-state index in [0.29, 0.717) is 5.89 Å². The zero-order valence-corrected chi connectivity index (χ0v) is 33.6. The molecule has 0 unspecified atom stereocenters. The van der Waals surface area contributed by atoms with Crippen LogP contribution in [0.1, 0.15) is 0 Å². The Morgan fingerprint density at radius 3 is 1.74 bits per heavy atom. The Morgan fingerprint density at radius 1 is 0.403 bits per heavy atom. The van der Waals surface area contributed by atoms with E-state index in [9.17, 15) is 0 Å². The van der Waals surface area contributed by atoms with Gasteiger partial charge in [-0.2, -0.15) is 0 Å². The molecule has 0 radical (unpaired) electrons. The van der Waals surface area contributed by atoms with Crippen LogP contribution in [0, 0.1) is 0 Å². The van der Waals surface area contributed by atoms with Crippen LogP contribution in [0.4, 0.5) is 34.1 Å². The van der Waals surface area contributed by atoms with Crippen LogP contribution in [-0.2, 0) is 0 Å². The highest BCUT2D eigenvalue weighted by atomic mass is 16.3. The van der Waals surface area contributed by atoms with Gasteiger partial charge in [0, 0.05) is 55.8 Å². The topological polar surface area (TPSA) is 37.4 Å². The number of oxazole rings is 1. The van der Waals surface area contributed by atoms with Crippen molar-refractivity contribution in [3.8, 4) is 17.1 Å². The van der Waals surface area contributed by atoms with E-state index in [1.807, 2.05) is 30.3 Å². The molecule has 0 amide bonds. The zero-order valence-electron chi connectivity index (χ0n) is 33.6. The molecule has 12 aromatic rings. The Balaban J connectivity index is 1.07. The molecule has 2 heterocycles. The minimum atomic E-state index is 0.617. The third-order valence-electron chi connectivity index (χ3n) is 11.9. The molecule has 10 aromatic carbocycles. The maximum Gasteiger partial charge on any atom is 0.227 e. The molecule has 2 aromatic heterocycles. The molecule has 0 aliphatic carbocycles. The number of fused-ring (bicyclic) bond motifs is 8. The molecule has 0 atom stereocenters. The normalized spacial score (nSPS) is 11.5. The molecule has 5 heteroatoms. The average Bonchev–Trinajstić information content (AvgIpc) is 3.94. The van der Waals surface area contributed by atoms with E-state index in [4.69, 9.17) is 9.40 Å². The summed E-state index contributed by atoms with van der Waals surface area (Å²) in [6.45, 7) is 0. The third kappa shape index (κ3) is 5.90. The number of aromatic nitrogens is 2. The largest absolute Gasteiger partial charge is 0.435 e. The van der Waals surface area contributed by atoms with Gasteiger partial charge >= 0.3 is 0 Å². The number of rotatable bonds is 8. The number of benzene rings is 10. The smallest absolute Gasteiger partial charge is 0.227 e. The van der Waals surface area contributed by atoms with Crippen molar-refractivity contribution in [1.29, 1.82) is 0 Å². The lowest BCUT2D eigenvalue weighted by atomic mass is 10.00. The molecule has 292 valence electrons. The maximum atomic E-state index is 6.63. The Kier molecular flexibility index (Phi) is 8.42. The van der Waals surface area contributed by atoms with Crippen molar-refractivity contribution in [2.45, 2.75) is 0 Å². The molecule has 5 nitrogen and oxygen atoms in total. The minimum Gasteiger partial charge on any atom is -0.435 e. The number of hydrogen-bond donors (Lipinski definition) is 0. The fraction of sp³-hybridized carbons (Fsp3) is 0.